The first-order valence-corrected chi connectivity index (χ1v) is 6.22. The third-order valence-electron chi connectivity index (χ3n) is 2.08. The number of halogens is 2. The highest BCUT2D eigenvalue weighted by molar-refractivity contribution is 6.32. The number of anilines is 1. The molecule has 0 spiro atoms. The summed E-state index contributed by atoms with van der Waals surface area (Å²) >= 11 is 11.4. The van der Waals surface area contributed by atoms with Crippen LogP contribution in [0, 0.1) is 0 Å². The highest BCUT2D eigenvalue weighted by Gasteiger charge is 2.03. The zero-order valence-electron chi connectivity index (χ0n) is 10.0. The fraction of sp³-hybridized carbons (Fsp3) is 0. The van der Waals surface area contributed by atoms with Crippen molar-refractivity contribution in [1.82, 2.24) is 15.4 Å². The summed E-state index contributed by atoms with van der Waals surface area (Å²) in [6, 6.07) is 5.99. The lowest BCUT2D eigenvalue weighted by Crippen LogP contribution is -2.24. The van der Waals surface area contributed by atoms with Crippen LogP contribution in [-0.2, 0) is 0 Å². The Kier molecular flexibility index (Phi) is 4.86. The first-order chi connectivity index (χ1) is 9.63. The molecular weight excluding hydrogens is 301 g/mol. The molecule has 2 aromatic rings. The van der Waals surface area contributed by atoms with E-state index in [2.05, 4.69) is 25.8 Å². The average Bonchev–Trinajstić information content (AvgIpc) is 2.38. The molecule has 0 aliphatic heterocycles. The maximum absolute atomic E-state index is 11.6. The van der Waals surface area contributed by atoms with Crippen LogP contribution in [0.4, 0.5) is 10.5 Å². The molecule has 0 unspecified atom stereocenters. The number of aromatic nitrogens is 2. The van der Waals surface area contributed by atoms with Gasteiger partial charge in [0.1, 0.15) is 10.3 Å². The molecule has 0 aliphatic carbocycles. The van der Waals surface area contributed by atoms with E-state index in [0.717, 1.165) is 5.56 Å². The Balaban J connectivity index is 1.91. The molecule has 2 amide bonds. The highest BCUT2D eigenvalue weighted by Crippen LogP contribution is 2.18. The molecule has 0 aliphatic rings. The molecule has 0 radical (unpaired) electrons. The topological polar surface area (TPSA) is 79.3 Å². The van der Waals surface area contributed by atoms with Crippen LogP contribution in [0.1, 0.15) is 5.56 Å². The van der Waals surface area contributed by atoms with Crippen LogP contribution in [0.2, 0.25) is 10.3 Å². The quantitative estimate of drug-likeness (QED) is 0.520. The SMILES string of the molecule is O=C(NN=Cc1cccnc1)Nc1cc(Cl)nc(Cl)c1. The maximum atomic E-state index is 11.6. The molecule has 2 N–H and O–H groups in total. The van der Waals surface area contributed by atoms with Gasteiger partial charge in [-0.05, 0) is 18.2 Å². The van der Waals surface area contributed by atoms with E-state index >= 15 is 0 Å². The van der Waals surface area contributed by atoms with Crippen molar-refractivity contribution < 1.29 is 4.79 Å². The summed E-state index contributed by atoms with van der Waals surface area (Å²) in [6.45, 7) is 0. The molecular formula is C12H9Cl2N5O. The van der Waals surface area contributed by atoms with Gasteiger partial charge in [0, 0.05) is 23.6 Å². The van der Waals surface area contributed by atoms with Crippen LogP contribution >= 0.6 is 23.2 Å². The number of nitrogens with zero attached hydrogens (tertiary/aromatic N) is 3. The van der Waals surface area contributed by atoms with E-state index in [1.165, 1.54) is 18.3 Å². The standard InChI is InChI=1S/C12H9Cl2N5O/c13-10-4-9(5-11(14)18-10)17-12(20)19-16-7-8-2-1-3-15-6-8/h1-7H,(H2,17,18,19,20). The Morgan fingerprint density at radius 3 is 2.70 bits per heavy atom. The van der Waals surface area contributed by atoms with Gasteiger partial charge in [0.15, 0.2) is 0 Å². The third-order valence-corrected chi connectivity index (χ3v) is 2.47. The first kappa shape index (κ1) is 14.2. The molecule has 8 heteroatoms. The smallest absolute Gasteiger partial charge is 0.306 e. The van der Waals surface area contributed by atoms with Crippen LogP contribution in [0.3, 0.4) is 0 Å². The van der Waals surface area contributed by atoms with Crippen LogP contribution in [-0.4, -0.2) is 22.2 Å². The van der Waals surface area contributed by atoms with Gasteiger partial charge in [-0.15, -0.1) is 0 Å². The van der Waals surface area contributed by atoms with E-state index in [4.69, 9.17) is 23.2 Å². The summed E-state index contributed by atoms with van der Waals surface area (Å²) in [7, 11) is 0. The molecule has 0 saturated heterocycles. The van der Waals surface area contributed by atoms with E-state index < -0.39 is 6.03 Å². The van der Waals surface area contributed by atoms with Crippen molar-refractivity contribution in [3.63, 3.8) is 0 Å². The molecule has 0 saturated carbocycles. The number of amides is 2. The summed E-state index contributed by atoms with van der Waals surface area (Å²) < 4.78 is 0. The van der Waals surface area contributed by atoms with E-state index in [1.54, 1.807) is 24.5 Å². The normalized spacial score (nSPS) is 10.5. The lowest BCUT2D eigenvalue weighted by atomic mass is 10.3. The number of carbonyl (C=O) groups is 1. The molecule has 0 bridgehead atoms. The number of hydrogen-bond donors (Lipinski definition) is 2. The number of carbonyl (C=O) groups excluding carboxylic acids is 1. The van der Waals surface area contributed by atoms with Crippen LogP contribution < -0.4 is 10.7 Å². The average molecular weight is 310 g/mol. The van der Waals surface area contributed by atoms with E-state index in [1.807, 2.05) is 0 Å². The van der Waals surface area contributed by atoms with Crippen molar-refractivity contribution in [2.45, 2.75) is 0 Å². The lowest BCUT2D eigenvalue weighted by Gasteiger charge is -2.04. The molecule has 20 heavy (non-hydrogen) atoms. The molecule has 2 rings (SSSR count). The van der Waals surface area contributed by atoms with Gasteiger partial charge in [0.05, 0.1) is 6.21 Å². The van der Waals surface area contributed by atoms with E-state index in [9.17, 15) is 4.79 Å². The summed E-state index contributed by atoms with van der Waals surface area (Å²) in [5, 5.41) is 6.67. The molecule has 0 aromatic carbocycles. The van der Waals surface area contributed by atoms with E-state index in [-0.39, 0.29) is 10.3 Å². The monoisotopic (exact) mass is 309 g/mol. The second-order valence-electron chi connectivity index (χ2n) is 3.61. The first-order valence-electron chi connectivity index (χ1n) is 5.46. The molecule has 102 valence electrons. The fourth-order valence-electron chi connectivity index (χ4n) is 1.31. The number of hydrazone groups is 1. The largest absolute Gasteiger partial charge is 0.339 e. The predicted molar refractivity (Wildman–Crippen MR) is 78.2 cm³/mol. The number of rotatable bonds is 3. The molecule has 0 fully saturated rings. The van der Waals surface area contributed by atoms with Crippen molar-refractivity contribution in [2.75, 3.05) is 5.32 Å². The molecule has 6 nitrogen and oxygen atoms in total. The van der Waals surface area contributed by atoms with Crippen molar-refractivity contribution in [3.8, 4) is 0 Å². The summed E-state index contributed by atoms with van der Waals surface area (Å²) in [6.07, 6.45) is 4.74. The Bertz CT molecular complexity index is 613. The summed E-state index contributed by atoms with van der Waals surface area (Å²) in [5.41, 5.74) is 3.49. The van der Waals surface area contributed by atoms with Crippen LogP contribution in [0.5, 0.6) is 0 Å². The fourth-order valence-corrected chi connectivity index (χ4v) is 1.77. The van der Waals surface area contributed by atoms with Gasteiger partial charge in [-0.25, -0.2) is 15.2 Å². The number of pyridine rings is 2. The number of hydrogen-bond acceptors (Lipinski definition) is 4. The van der Waals surface area contributed by atoms with Gasteiger partial charge in [0.25, 0.3) is 0 Å². The van der Waals surface area contributed by atoms with Crippen molar-refractivity contribution in [2.24, 2.45) is 5.10 Å². The maximum Gasteiger partial charge on any atom is 0.339 e. The summed E-state index contributed by atoms with van der Waals surface area (Å²) in [5.74, 6) is 0. The van der Waals surface area contributed by atoms with Gasteiger partial charge in [-0.3, -0.25) is 4.98 Å². The number of nitrogens with one attached hydrogen (secondary N) is 2. The van der Waals surface area contributed by atoms with Crippen molar-refractivity contribution in [3.05, 3.63) is 52.5 Å². The van der Waals surface area contributed by atoms with Crippen molar-refractivity contribution >= 4 is 41.1 Å². The molecule has 0 atom stereocenters. The second kappa shape index (κ2) is 6.83. The second-order valence-corrected chi connectivity index (χ2v) is 4.39. The lowest BCUT2D eigenvalue weighted by molar-refractivity contribution is 0.252. The van der Waals surface area contributed by atoms with Crippen molar-refractivity contribution in [1.29, 1.82) is 0 Å². The minimum Gasteiger partial charge on any atom is -0.306 e. The Morgan fingerprint density at radius 1 is 1.30 bits per heavy atom. The Morgan fingerprint density at radius 2 is 2.05 bits per heavy atom. The minimum atomic E-state index is -0.525. The zero-order valence-corrected chi connectivity index (χ0v) is 11.6. The molecule has 2 heterocycles. The minimum absolute atomic E-state index is 0.187. The summed E-state index contributed by atoms with van der Waals surface area (Å²) in [4.78, 5) is 19.2. The van der Waals surface area contributed by atoms with Crippen LogP contribution in [0.15, 0.2) is 41.8 Å². The van der Waals surface area contributed by atoms with Gasteiger partial charge in [0.2, 0.25) is 0 Å². The Labute approximate surface area is 124 Å². The van der Waals surface area contributed by atoms with Crippen LogP contribution in [0.25, 0.3) is 0 Å². The van der Waals surface area contributed by atoms with Gasteiger partial charge in [-0.2, -0.15) is 5.10 Å². The third kappa shape index (κ3) is 4.49. The molecule has 2 aromatic heterocycles. The predicted octanol–water partition coefficient (Wildman–Crippen LogP) is 2.94. The van der Waals surface area contributed by atoms with Gasteiger partial charge in [-0.1, -0.05) is 29.3 Å². The zero-order chi connectivity index (χ0) is 14.4. The Hall–Kier alpha value is -2.18. The van der Waals surface area contributed by atoms with Gasteiger partial charge < -0.3 is 5.32 Å². The highest BCUT2D eigenvalue weighted by atomic mass is 35.5. The van der Waals surface area contributed by atoms with E-state index in [0.29, 0.717) is 5.69 Å². The number of urea groups is 1. The van der Waals surface area contributed by atoms with Gasteiger partial charge >= 0.3 is 6.03 Å².